The van der Waals surface area contributed by atoms with Crippen molar-refractivity contribution in [3.8, 4) is 11.5 Å². The van der Waals surface area contributed by atoms with Crippen LogP contribution in [0.4, 0.5) is 0 Å². The van der Waals surface area contributed by atoms with Gasteiger partial charge in [0.05, 0.1) is 5.75 Å². The molecule has 1 aliphatic heterocycles. The van der Waals surface area contributed by atoms with E-state index in [1.807, 2.05) is 36.4 Å². The molecule has 1 unspecified atom stereocenters. The minimum absolute atomic E-state index is 0.0175. The summed E-state index contributed by atoms with van der Waals surface area (Å²) in [6, 6.07) is 11.4. The van der Waals surface area contributed by atoms with Crippen LogP contribution in [-0.4, -0.2) is 35.9 Å². The van der Waals surface area contributed by atoms with Crippen molar-refractivity contribution < 1.29 is 14.3 Å². The molecule has 0 radical (unpaired) electrons. The first-order chi connectivity index (χ1) is 11.3. The quantitative estimate of drug-likeness (QED) is 0.825. The number of aromatic nitrogens is 1. The van der Waals surface area contributed by atoms with Crippen molar-refractivity contribution in [2.75, 3.05) is 18.9 Å². The first kappa shape index (κ1) is 15.7. The molecule has 0 fully saturated rings. The van der Waals surface area contributed by atoms with Gasteiger partial charge in [-0.2, -0.15) is 0 Å². The van der Waals surface area contributed by atoms with E-state index < -0.39 is 0 Å². The van der Waals surface area contributed by atoms with Crippen LogP contribution < -0.4 is 14.8 Å². The lowest BCUT2D eigenvalue weighted by molar-refractivity contribution is -0.118. The Morgan fingerprint density at radius 3 is 2.83 bits per heavy atom. The number of para-hydroxylation sites is 2. The summed E-state index contributed by atoms with van der Waals surface area (Å²) in [6.45, 7) is 1.09. The number of benzene rings is 1. The highest BCUT2D eigenvalue weighted by Crippen LogP contribution is 2.31. The third-order valence-corrected chi connectivity index (χ3v) is 4.39. The van der Waals surface area contributed by atoms with E-state index in [9.17, 15) is 4.79 Å². The van der Waals surface area contributed by atoms with Crippen LogP contribution in [0.3, 0.4) is 0 Å². The second-order valence-corrected chi connectivity index (χ2v) is 6.16. The second kappa shape index (κ2) is 7.87. The number of nitrogens with one attached hydrogen (secondary N) is 1. The van der Waals surface area contributed by atoms with Crippen molar-refractivity contribution in [2.24, 2.45) is 0 Å². The molecule has 6 heteroatoms. The minimum Gasteiger partial charge on any atom is -0.486 e. The number of pyridine rings is 1. The molecule has 1 atom stereocenters. The number of amides is 1. The van der Waals surface area contributed by atoms with E-state index in [1.165, 1.54) is 11.8 Å². The van der Waals surface area contributed by atoms with Crippen LogP contribution in [-0.2, 0) is 4.79 Å². The summed E-state index contributed by atoms with van der Waals surface area (Å²) >= 11 is 1.50. The first-order valence-corrected chi connectivity index (χ1v) is 8.48. The SMILES string of the molecule is O=C(CSc1ccncc1)NCCC1COc2ccccc2O1. The number of thioether (sulfide) groups is 1. The number of rotatable bonds is 6. The van der Waals surface area contributed by atoms with Gasteiger partial charge in [0.15, 0.2) is 11.5 Å². The molecule has 1 aliphatic rings. The Morgan fingerprint density at radius 1 is 1.22 bits per heavy atom. The lowest BCUT2D eigenvalue weighted by Gasteiger charge is -2.26. The topological polar surface area (TPSA) is 60.5 Å². The summed E-state index contributed by atoms with van der Waals surface area (Å²) in [5.41, 5.74) is 0. The molecule has 23 heavy (non-hydrogen) atoms. The largest absolute Gasteiger partial charge is 0.486 e. The summed E-state index contributed by atoms with van der Waals surface area (Å²) in [6.07, 6.45) is 4.13. The van der Waals surface area contributed by atoms with Crippen LogP contribution in [0.5, 0.6) is 11.5 Å². The predicted molar refractivity (Wildman–Crippen MR) is 88.9 cm³/mol. The van der Waals surface area contributed by atoms with Gasteiger partial charge in [-0.15, -0.1) is 11.8 Å². The number of carbonyl (C=O) groups excluding carboxylic acids is 1. The van der Waals surface area contributed by atoms with Gasteiger partial charge in [0.1, 0.15) is 12.7 Å². The standard InChI is InChI=1S/C17H18N2O3S/c20-17(12-23-14-6-8-18-9-7-14)19-10-5-13-11-21-15-3-1-2-4-16(15)22-13/h1-4,6-9,13H,5,10-12H2,(H,19,20). The minimum atomic E-state index is -0.0296. The van der Waals surface area contributed by atoms with Gasteiger partial charge >= 0.3 is 0 Å². The number of carbonyl (C=O) groups is 1. The summed E-state index contributed by atoms with van der Waals surface area (Å²) in [5, 5.41) is 2.91. The summed E-state index contributed by atoms with van der Waals surface area (Å²) < 4.78 is 11.5. The molecular formula is C17H18N2O3S. The Labute approximate surface area is 139 Å². The Kier molecular flexibility index (Phi) is 5.37. The Balaban J connectivity index is 1.36. The van der Waals surface area contributed by atoms with E-state index in [0.717, 1.165) is 22.8 Å². The zero-order chi connectivity index (χ0) is 15.9. The van der Waals surface area contributed by atoms with Gasteiger partial charge in [-0.3, -0.25) is 9.78 Å². The van der Waals surface area contributed by atoms with Crippen molar-refractivity contribution >= 4 is 17.7 Å². The average Bonchev–Trinajstić information content (AvgIpc) is 2.61. The Morgan fingerprint density at radius 2 is 2.00 bits per heavy atom. The lowest BCUT2D eigenvalue weighted by atomic mass is 10.2. The summed E-state index contributed by atoms with van der Waals surface area (Å²) in [7, 11) is 0. The van der Waals surface area contributed by atoms with E-state index in [4.69, 9.17) is 9.47 Å². The zero-order valence-corrected chi connectivity index (χ0v) is 13.4. The van der Waals surface area contributed by atoms with E-state index in [2.05, 4.69) is 10.3 Å². The van der Waals surface area contributed by atoms with E-state index in [1.54, 1.807) is 12.4 Å². The first-order valence-electron chi connectivity index (χ1n) is 7.49. The number of nitrogens with zero attached hydrogens (tertiary/aromatic N) is 1. The maximum Gasteiger partial charge on any atom is 0.230 e. The highest BCUT2D eigenvalue weighted by molar-refractivity contribution is 8.00. The van der Waals surface area contributed by atoms with Gasteiger partial charge in [0.2, 0.25) is 5.91 Å². The molecule has 1 aromatic carbocycles. The molecule has 0 aliphatic carbocycles. The van der Waals surface area contributed by atoms with Crippen LogP contribution in [0, 0.1) is 0 Å². The van der Waals surface area contributed by atoms with Gasteiger partial charge in [0, 0.05) is 30.3 Å². The van der Waals surface area contributed by atoms with Crippen molar-refractivity contribution in [3.05, 3.63) is 48.8 Å². The molecule has 0 bridgehead atoms. The molecule has 0 saturated heterocycles. The van der Waals surface area contributed by atoms with Gasteiger partial charge in [-0.1, -0.05) is 12.1 Å². The van der Waals surface area contributed by atoms with Crippen LogP contribution in [0.2, 0.25) is 0 Å². The molecule has 2 aromatic rings. The number of hydrogen-bond acceptors (Lipinski definition) is 5. The highest BCUT2D eigenvalue weighted by atomic mass is 32.2. The Bertz CT molecular complexity index is 651. The molecule has 3 rings (SSSR count). The Hall–Kier alpha value is -2.21. The van der Waals surface area contributed by atoms with Gasteiger partial charge in [-0.05, 0) is 24.3 Å². The maximum atomic E-state index is 11.8. The van der Waals surface area contributed by atoms with Crippen LogP contribution in [0.1, 0.15) is 6.42 Å². The van der Waals surface area contributed by atoms with Gasteiger partial charge in [0.25, 0.3) is 0 Å². The van der Waals surface area contributed by atoms with E-state index in [0.29, 0.717) is 18.9 Å². The normalized spacial score (nSPS) is 15.9. The van der Waals surface area contributed by atoms with Crippen LogP contribution in [0.25, 0.3) is 0 Å². The third kappa shape index (κ3) is 4.63. The third-order valence-electron chi connectivity index (χ3n) is 3.38. The zero-order valence-electron chi connectivity index (χ0n) is 12.6. The van der Waals surface area contributed by atoms with Crippen LogP contribution in [0.15, 0.2) is 53.7 Å². The summed E-state index contributed by atoms with van der Waals surface area (Å²) in [4.78, 5) is 16.8. The molecule has 0 spiro atoms. The second-order valence-electron chi connectivity index (χ2n) is 5.11. The number of fused-ring (bicyclic) bond motifs is 1. The fraction of sp³-hybridized carbons (Fsp3) is 0.294. The van der Waals surface area contributed by atoms with Crippen LogP contribution >= 0.6 is 11.8 Å². The lowest BCUT2D eigenvalue weighted by Crippen LogP contribution is -2.34. The number of hydrogen-bond donors (Lipinski definition) is 1. The van der Waals surface area contributed by atoms with Gasteiger partial charge < -0.3 is 14.8 Å². The van der Waals surface area contributed by atoms with Gasteiger partial charge in [-0.25, -0.2) is 0 Å². The maximum absolute atomic E-state index is 11.8. The fourth-order valence-electron chi connectivity index (χ4n) is 2.21. The molecular weight excluding hydrogens is 312 g/mol. The molecule has 0 saturated carbocycles. The van der Waals surface area contributed by atoms with Crippen molar-refractivity contribution in [3.63, 3.8) is 0 Å². The highest BCUT2D eigenvalue weighted by Gasteiger charge is 2.20. The molecule has 1 N–H and O–H groups in total. The fourth-order valence-corrected chi connectivity index (χ4v) is 2.93. The van der Waals surface area contributed by atoms with Crippen molar-refractivity contribution in [2.45, 2.75) is 17.4 Å². The average molecular weight is 330 g/mol. The monoisotopic (exact) mass is 330 g/mol. The summed E-state index contributed by atoms with van der Waals surface area (Å²) in [5.74, 6) is 1.96. The molecule has 120 valence electrons. The number of ether oxygens (including phenoxy) is 2. The molecule has 5 nitrogen and oxygen atoms in total. The predicted octanol–water partition coefficient (Wildman–Crippen LogP) is 2.52. The van der Waals surface area contributed by atoms with Crippen molar-refractivity contribution in [1.29, 1.82) is 0 Å². The molecule has 2 heterocycles. The van der Waals surface area contributed by atoms with E-state index >= 15 is 0 Å². The molecule has 1 amide bonds. The molecule has 1 aromatic heterocycles. The van der Waals surface area contributed by atoms with Crippen molar-refractivity contribution in [1.82, 2.24) is 10.3 Å². The van der Waals surface area contributed by atoms with E-state index in [-0.39, 0.29) is 12.0 Å². The smallest absolute Gasteiger partial charge is 0.230 e.